The lowest BCUT2D eigenvalue weighted by molar-refractivity contribution is -0.165. The number of imidazole rings is 2. The zero-order valence-electron chi connectivity index (χ0n) is 35.7. The van der Waals surface area contributed by atoms with Crippen LogP contribution in [-0.4, -0.2) is 115 Å². The lowest BCUT2D eigenvalue weighted by Crippen LogP contribution is -2.38. The number of aromatic nitrogens is 8. The summed E-state index contributed by atoms with van der Waals surface area (Å²) in [6.45, 7) is 0.216. The van der Waals surface area contributed by atoms with Gasteiger partial charge in [-0.2, -0.15) is 0 Å². The molecule has 0 aromatic carbocycles. The van der Waals surface area contributed by atoms with Crippen molar-refractivity contribution in [2.45, 2.75) is 121 Å². The van der Waals surface area contributed by atoms with Gasteiger partial charge in [0.15, 0.2) is 35.3 Å². The number of carbonyl (C=O) groups excluding carboxylic acids is 2. The maximum atomic E-state index is 17.0. The molecule has 2 aliphatic carbocycles. The lowest BCUT2D eigenvalue weighted by atomic mass is 9.76. The number of nitrogen functional groups attached to an aromatic ring is 2. The third-order valence-electron chi connectivity index (χ3n) is 12.9. The Hall–Kier alpha value is -4.29. The highest BCUT2D eigenvalue weighted by Crippen LogP contribution is 2.58. The first-order valence-electron chi connectivity index (χ1n) is 21.4. The Morgan fingerprint density at radius 3 is 1.75 bits per heavy atom. The summed E-state index contributed by atoms with van der Waals surface area (Å²) in [5.41, 5.74) is 11.3. The molecule has 5 aliphatic rings. The number of halogens is 1. The van der Waals surface area contributed by atoms with Gasteiger partial charge in [-0.1, -0.05) is 38.5 Å². The van der Waals surface area contributed by atoms with Crippen molar-refractivity contribution < 1.29 is 69.2 Å². The Balaban J connectivity index is 1.04. The van der Waals surface area contributed by atoms with E-state index in [0.29, 0.717) is 25.7 Å². The summed E-state index contributed by atoms with van der Waals surface area (Å²) in [6, 6.07) is -0.910. The molecule has 2 saturated carbocycles. The minimum absolute atomic E-state index is 0.00950. The van der Waals surface area contributed by atoms with Gasteiger partial charge in [-0.25, -0.2) is 52.5 Å². The van der Waals surface area contributed by atoms with Gasteiger partial charge in [0.25, 0.3) is 0 Å². The first kappa shape index (κ1) is 45.8. The second-order valence-corrected chi connectivity index (χ2v) is 20.6. The lowest BCUT2D eigenvalue weighted by Gasteiger charge is -2.32. The van der Waals surface area contributed by atoms with Crippen molar-refractivity contribution >= 4 is 61.5 Å². The van der Waals surface area contributed by atoms with Crippen molar-refractivity contribution in [2.24, 2.45) is 10.8 Å². The fourth-order valence-corrected chi connectivity index (χ4v) is 11.6. The second kappa shape index (κ2) is 18.4. The number of fused-ring (bicyclic) bond motifs is 4. The number of rotatable bonds is 10. The topological polar surface area (TPSA) is 300 Å². The maximum Gasteiger partial charge on any atom is 0.478 e. The van der Waals surface area contributed by atoms with Gasteiger partial charge in [0.05, 0.1) is 49.3 Å². The predicted molar refractivity (Wildman–Crippen MR) is 220 cm³/mol. The standard InChI is InChI=1S/C38H51FN10O14P2/c1-37(9-5-3-6-10-37)35(50)55-20-59-64(52)58-15-24-29(25(39)34(61-24)49-19-47-27-31(41)43-17-45-33(27)49)63-65(53,60-21-56-36(51)38(2)11-7-4-8-12-38)57-14-23-28(62-64)22(13-54-23)48-18-46-26-30(40)42-16-44-32(26)48/h16-19,22-25,28-29,34H,3-15,20-21H2,1-2H3,(H2,40,42,44)(H2,41,43,45)/t22-,23-,24-,25-,28+,29-,34-,64?,65?/m1/s1. The zero-order chi connectivity index (χ0) is 45.6. The Labute approximate surface area is 371 Å². The van der Waals surface area contributed by atoms with Crippen LogP contribution in [0.4, 0.5) is 16.0 Å². The largest absolute Gasteiger partial charge is 0.478 e. The maximum absolute atomic E-state index is 17.0. The highest BCUT2D eigenvalue weighted by Gasteiger charge is 2.55. The smallest absolute Gasteiger partial charge is 0.437 e. The molecule has 9 atom stereocenters. The molecule has 4 N–H and O–H groups in total. The summed E-state index contributed by atoms with van der Waals surface area (Å²) in [4.78, 5) is 51.6. The average molecular weight is 953 g/mol. The van der Waals surface area contributed by atoms with Gasteiger partial charge in [0, 0.05) is 0 Å². The van der Waals surface area contributed by atoms with E-state index in [1.165, 1.54) is 23.5 Å². The number of phosphoric ester groups is 2. The van der Waals surface area contributed by atoms with Gasteiger partial charge in [0.2, 0.25) is 13.6 Å². The molecule has 4 aromatic rings. The zero-order valence-corrected chi connectivity index (χ0v) is 37.5. The number of esters is 2. The van der Waals surface area contributed by atoms with Crippen LogP contribution in [0.15, 0.2) is 25.3 Å². The quantitative estimate of drug-likeness (QED) is 0.120. The molecule has 354 valence electrons. The third-order valence-corrected chi connectivity index (χ3v) is 15.7. The molecule has 7 heterocycles. The van der Waals surface area contributed by atoms with Gasteiger partial charge in [-0.15, -0.1) is 0 Å². The van der Waals surface area contributed by atoms with Crippen molar-refractivity contribution in [1.29, 1.82) is 0 Å². The van der Waals surface area contributed by atoms with Crippen molar-refractivity contribution in [3.63, 3.8) is 0 Å². The van der Waals surface area contributed by atoms with Crippen LogP contribution >= 0.6 is 15.6 Å². The van der Waals surface area contributed by atoms with E-state index in [1.807, 2.05) is 0 Å². The molecule has 3 saturated heterocycles. The monoisotopic (exact) mass is 952 g/mol. The molecule has 0 bridgehead atoms. The van der Waals surface area contributed by atoms with E-state index < -0.39 is 108 Å². The number of anilines is 2. The molecule has 24 nitrogen and oxygen atoms in total. The van der Waals surface area contributed by atoms with E-state index in [0.717, 1.165) is 44.9 Å². The highest BCUT2D eigenvalue weighted by atomic mass is 31.2. The Bertz CT molecular complexity index is 2490. The summed E-state index contributed by atoms with van der Waals surface area (Å²) >= 11 is 0. The first-order valence-corrected chi connectivity index (χ1v) is 24.4. The van der Waals surface area contributed by atoms with Gasteiger partial charge in [0.1, 0.15) is 48.1 Å². The molecule has 65 heavy (non-hydrogen) atoms. The van der Waals surface area contributed by atoms with Gasteiger partial charge in [-0.05, 0) is 39.5 Å². The normalized spacial score (nSPS) is 32.8. The van der Waals surface area contributed by atoms with E-state index in [4.69, 9.17) is 57.6 Å². The number of nitrogens with two attached hydrogens (primary N) is 2. The van der Waals surface area contributed by atoms with Gasteiger partial charge >= 0.3 is 27.6 Å². The van der Waals surface area contributed by atoms with Crippen LogP contribution in [0.25, 0.3) is 22.3 Å². The SMILES string of the molecule is CC1(C(=O)OCOP2(=O)OC[C@H]3OC[C@@H](n4cnc5c(N)ncnc54)[C@@H]3OP(=O)(OCOC(=O)C3(C)CCCCC3)OC[C@H]3O[C@@H](n4cnc5c(N)ncnc54)[C@H](F)[C@@H]3O2)CCCCC1. The van der Waals surface area contributed by atoms with Crippen molar-refractivity contribution in [1.82, 2.24) is 39.0 Å². The molecule has 3 aliphatic heterocycles. The summed E-state index contributed by atoms with van der Waals surface area (Å²) < 4.78 is 108. The summed E-state index contributed by atoms with van der Waals surface area (Å²) in [6.07, 6.45) is 2.85. The molecule has 27 heteroatoms. The molecule has 0 radical (unpaired) electrons. The number of phosphoric acid groups is 2. The number of ether oxygens (including phenoxy) is 4. The van der Waals surface area contributed by atoms with Crippen molar-refractivity contribution in [3.8, 4) is 0 Å². The molecule has 2 unspecified atom stereocenters. The Morgan fingerprint density at radius 2 is 1.20 bits per heavy atom. The van der Waals surface area contributed by atoms with E-state index in [2.05, 4.69) is 29.9 Å². The minimum atomic E-state index is -4.98. The summed E-state index contributed by atoms with van der Waals surface area (Å²) in [5, 5.41) is 0. The van der Waals surface area contributed by atoms with Crippen LogP contribution in [0.1, 0.15) is 90.3 Å². The number of carbonyl (C=O) groups is 2. The van der Waals surface area contributed by atoms with E-state index in [9.17, 15) is 18.7 Å². The molecule has 0 amide bonds. The van der Waals surface area contributed by atoms with Gasteiger partial charge in [-0.3, -0.25) is 32.3 Å². The Kier molecular flexibility index (Phi) is 13.0. The van der Waals surface area contributed by atoms with Crippen LogP contribution in [-0.2, 0) is 64.8 Å². The van der Waals surface area contributed by atoms with Gasteiger partial charge < -0.3 is 35.0 Å². The van der Waals surface area contributed by atoms with Crippen LogP contribution in [0.5, 0.6) is 0 Å². The van der Waals surface area contributed by atoms with Crippen molar-refractivity contribution in [3.05, 3.63) is 25.3 Å². The molecular formula is C38H51FN10O14P2. The predicted octanol–water partition coefficient (Wildman–Crippen LogP) is 5.01. The minimum Gasteiger partial charge on any atom is -0.437 e. The van der Waals surface area contributed by atoms with E-state index in [1.54, 1.807) is 18.4 Å². The first-order chi connectivity index (χ1) is 31.2. The van der Waals surface area contributed by atoms with Crippen LogP contribution in [0, 0.1) is 10.8 Å². The number of hydrogen-bond acceptors (Lipinski definition) is 22. The van der Waals surface area contributed by atoms with Crippen LogP contribution in [0.2, 0.25) is 0 Å². The average Bonchev–Trinajstić information content (AvgIpc) is 4.08. The van der Waals surface area contributed by atoms with E-state index in [-0.39, 0.29) is 40.6 Å². The number of alkyl halides is 1. The summed E-state index contributed by atoms with van der Waals surface area (Å²) in [5.74, 6) is -1.04. The second-order valence-electron chi connectivity index (χ2n) is 17.3. The van der Waals surface area contributed by atoms with Crippen LogP contribution in [0.3, 0.4) is 0 Å². The van der Waals surface area contributed by atoms with E-state index >= 15 is 4.39 Å². The van der Waals surface area contributed by atoms with Crippen molar-refractivity contribution in [2.75, 3.05) is 44.9 Å². The highest BCUT2D eigenvalue weighted by molar-refractivity contribution is 7.48. The number of hydrogen-bond donors (Lipinski definition) is 2. The molecule has 4 aromatic heterocycles. The third kappa shape index (κ3) is 9.24. The molecular weight excluding hydrogens is 901 g/mol. The van der Waals surface area contributed by atoms with Crippen LogP contribution < -0.4 is 11.5 Å². The fraction of sp³-hybridized carbons (Fsp3) is 0.684. The summed E-state index contributed by atoms with van der Waals surface area (Å²) in [7, 11) is -9.89. The Morgan fingerprint density at radius 1 is 0.708 bits per heavy atom. The number of nitrogens with zero attached hydrogens (tertiary/aromatic N) is 8. The molecule has 5 fully saturated rings. The molecule has 0 spiro atoms. The molecule has 9 rings (SSSR count). The fourth-order valence-electron chi connectivity index (χ4n) is 9.06.